The Kier molecular flexibility index (Phi) is 3.29. The standard InChI is InChI=1S/C12H14.2H2O/c1-3-9-7-11-5-2-6-12(11)8-10(9)4-1;;/h7-8H,1-6H2;2*1H2. The van der Waals surface area contributed by atoms with Crippen LogP contribution in [0, 0.1) is 0 Å². The molecule has 0 saturated carbocycles. The summed E-state index contributed by atoms with van der Waals surface area (Å²) in [5, 5.41) is 0. The van der Waals surface area contributed by atoms with E-state index < -0.39 is 0 Å². The number of benzene rings is 1. The Morgan fingerprint density at radius 2 is 0.857 bits per heavy atom. The van der Waals surface area contributed by atoms with E-state index in [-0.39, 0.29) is 11.0 Å². The highest BCUT2D eigenvalue weighted by atomic mass is 16.0. The van der Waals surface area contributed by atoms with Crippen LogP contribution in [-0.4, -0.2) is 11.0 Å². The van der Waals surface area contributed by atoms with E-state index in [1.54, 1.807) is 22.3 Å². The summed E-state index contributed by atoms with van der Waals surface area (Å²) in [5.74, 6) is 0. The van der Waals surface area contributed by atoms with Gasteiger partial charge in [0.1, 0.15) is 0 Å². The summed E-state index contributed by atoms with van der Waals surface area (Å²) in [6, 6.07) is 4.95. The van der Waals surface area contributed by atoms with Gasteiger partial charge < -0.3 is 11.0 Å². The molecule has 0 amide bonds. The van der Waals surface area contributed by atoms with E-state index in [0.717, 1.165) is 0 Å². The molecule has 0 saturated heterocycles. The monoisotopic (exact) mass is 194 g/mol. The summed E-state index contributed by atoms with van der Waals surface area (Å²) in [7, 11) is 0. The van der Waals surface area contributed by atoms with Crippen molar-refractivity contribution in [2.24, 2.45) is 0 Å². The zero-order valence-electron chi connectivity index (χ0n) is 8.40. The summed E-state index contributed by atoms with van der Waals surface area (Å²) < 4.78 is 0. The predicted molar refractivity (Wildman–Crippen MR) is 57.7 cm³/mol. The highest BCUT2D eigenvalue weighted by Gasteiger charge is 2.17. The van der Waals surface area contributed by atoms with E-state index in [4.69, 9.17) is 0 Å². The smallest absolute Gasteiger partial charge is 0.0273 e. The van der Waals surface area contributed by atoms with Crippen LogP contribution in [0.4, 0.5) is 0 Å². The summed E-state index contributed by atoms with van der Waals surface area (Å²) in [6.45, 7) is 0. The number of hydrogen-bond donors (Lipinski definition) is 0. The first-order valence-corrected chi connectivity index (χ1v) is 5.07. The average Bonchev–Trinajstić information content (AvgIpc) is 2.64. The van der Waals surface area contributed by atoms with E-state index in [1.165, 1.54) is 38.5 Å². The Hall–Kier alpha value is -0.860. The fourth-order valence-corrected chi connectivity index (χ4v) is 2.66. The summed E-state index contributed by atoms with van der Waals surface area (Å²) in [5.41, 5.74) is 6.60. The molecule has 0 fully saturated rings. The molecule has 14 heavy (non-hydrogen) atoms. The second kappa shape index (κ2) is 4.11. The van der Waals surface area contributed by atoms with Crippen LogP contribution in [0.3, 0.4) is 0 Å². The molecule has 2 heteroatoms. The number of fused-ring (bicyclic) bond motifs is 2. The lowest BCUT2D eigenvalue weighted by atomic mass is 10.0. The van der Waals surface area contributed by atoms with Gasteiger partial charge in [0, 0.05) is 0 Å². The normalized spacial score (nSPS) is 16.6. The minimum absolute atomic E-state index is 0. The van der Waals surface area contributed by atoms with Crippen molar-refractivity contribution >= 4 is 0 Å². The zero-order chi connectivity index (χ0) is 7.97. The van der Waals surface area contributed by atoms with Crippen LogP contribution in [0.2, 0.25) is 0 Å². The van der Waals surface area contributed by atoms with Gasteiger partial charge in [0.15, 0.2) is 0 Å². The molecule has 0 atom stereocenters. The van der Waals surface area contributed by atoms with E-state index in [9.17, 15) is 0 Å². The van der Waals surface area contributed by atoms with Crippen LogP contribution in [0.15, 0.2) is 12.1 Å². The van der Waals surface area contributed by atoms with E-state index >= 15 is 0 Å². The van der Waals surface area contributed by atoms with Gasteiger partial charge >= 0.3 is 0 Å². The van der Waals surface area contributed by atoms with E-state index in [0.29, 0.717) is 0 Å². The quantitative estimate of drug-likeness (QED) is 0.592. The van der Waals surface area contributed by atoms with Gasteiger partial charge in [-0.3, -0.25) is 0 Å². The van der Waals surface area contributed by atoms with Gasteiger partial charge in [0.05, 0.1) is 0 Å². The predicted octanol–water partition coefficient (Wildman–Crippen LogP) is 1.01. The molecule has 0 radical (unpaired) electrons. The Bertz CT molecular complexity index is 271. The molecule has 2 nitrogen and oxygen atoms in total. The molecule has 0 aromatic heterocycles. The van der Waals surface area contributed by atoms with Gasteiger partial charge in [-0.1, -0.05) is 12.1 Å². The first kappa shape index (κ1) is 11.2. The first-order valence-electron chi connectivity index (χ1n) is 5.07. The van der Waals surface area contributed by atoms with Gasteiger partial charge in [-0.2, -0.15) is 0 Å². The van der Waals surface area contributed by atoms with Gasteiger partial charge in [-0.25, -0.2) is 0 Å². The second-order valence-electron chi connectivity index (χ2n) is 4.10. The van der Waals surface area contributed by atoms with Gasteiger partial charge in [-0.05, 0) is 60.8 Å². The Morgan fingerprint density at radius 1 is 0.571 bits per heavy atom. The molecular weight excluding hydrogens is 176 g/mol. The molecule has 2 aliphatic carbocycles. The number of hydrogen-bond acceptors (Lipinski definition) is 0. The van der Waals surface area contributed by atoms with Crippen molar-refractivity contribution in [3.05, 3.63) is 34.4 Å². The van der Waals surface area contributed by atoms with Crippen molar-refractivity contribution in [2.75, 3.05) is 0 Å². The van der Waals surface area contributed by atoms with Crippen LogP contribution in [0.1, 0.15) is 35.1 Å². The van der Waals surface area contributed by atoms with Gasteiger partial charge in [0.2, 0.25) is 0 Å². The third-order valence-electron chi connectivity index (χ3n) is 3.31. The van der Waals surface area contributed by atoms with Crippen LogP contribution < -0.4 is 0 Å². The Labute approximate surface area is 84.6 Å². The second-order valence-corrected chi connectivity index (χ2v) is 4.10. The molecule has 2 aliphatic rings. The van der Waals surface area contributed by atoms with Gasteiger partial charge in [-0.15, -0.1) is 0 Å². The molecule has 0 heterocycles. The maximum absolute atomic E-state index is 2.48. The molecule has 4 N–H and O–H groups in total. The molecule has 3 rings (SSSR count). The summed E-state index contributed by atoms with van der Waals surface area (Å²) in [6.07, 6.45) is 8.12. The lowest BCUT2D eigenvalue weighted by Crippen LogP contribution is -1.88. The van der Waals surface area contributed by atoms with Crippen molar-refractivity contribution in [2.45, 2.75) is 38.5 Å². The van der Waals surface area contributed by atoms with Crippen molar-refractivity contribution in [1.29, 1.82) is 0 Å². The highest BCUT2D eigenvalue weighted by Crippen LogP contribution is 2.30. The Morgan fingerprint density at radius 3 is 1.14 bits per heavy atom. The highest BCUT2D eigenvalue weighted by molar-refractivity contribution is 5.42. The summed E-state index contributed by atoms with van der Waals surface area (Å²) in [4.78, 5) is 0. The molecule has 1 aromatic carbocycles. The van der Waals surface area contributed by atoms with Crippen molar-refractivity contribution in [1.82, 2.24) is 0 Å². The maximum Gasteiger partial charge on any atom is -0.0273 e. The minimum Gasteiger partial charge on any atom is -0.412 e. The molecule has 78 valence electrons. The van der Waals surface area contributed by atoms with Crippen molar-refractivity contribution < 1.29 is 11.0 Å². The third kappa shape index (κ3) is 1.56. The number of aryl methyl sites for hydroxylation is 4. The van der Waals surface area contributed by atoms with Crippen LogP contribution >= 0.6 is 0 Å². The third-order valence-corrected chi connectivity index (χ3v) is 3.31. The molecule has 0 unspecified atom stereocenters. The minimum atomic E-state index is 0. The summed E-state index contributed by atoms with van der Waals surface area (Å²) >= 11 is 0. The molecule has 1 aromatic rings. The number of rotatable bonds is 0. The van der Waals surface area contributed by atoms with Crippen LogP contribution in [0.25, 0.3) is 0 Å². The molecule has 0 bridgehead atoms. The fourth-order valence-electron chi connectivity index (χ4n) is 2.66. The first-order chi connectivity index (χ1) is 5.93. The van der Waals surface area contributed by atoms with E-state index in [1.807, 2.05) is 0 Å². The van der Waals surface area contributed by atoms with Crippen molar-refractivity contribution in [3.63, 3.8) is 0 Å². The molecular formula is C12H18O2. The maximum atomic E-state index is 2.48. The van der Waals surface area contributed by atoms with E-state index in [2.05, 4.69) is 12.1 Å². The molecule has 0 aliphatic heterocycles. The lowest BCUT2D eigenvalue weighted by Gasteiger charge is -2.03. The van der Waals surface area contributed by atoms with Crippen LogP contribution in [0.5, 0.6) is 0 Å². The Balaban J connectivity index is 0.000000490. The average molecular weight is 194 g/mol. The topological polar surface area (TPSA) is 63.0 Å². The molecule has 0 spiro atoms. The largest absolute Gasteiger partial charge is 0.412 e. The van der Waals surface area contributed by atoms with Crippen LogP contribution in [-0.2, 0) is 25.7 Å². The zero-order valence-corrected chi connectivity index (χ0v) is 8.40. The van der Waals surface area contributed by atoms with Gasteiger partial charge in [0.25, 0.3) is 0 Å². The fraction of sp³-hybridized carbons (Fsp3) is 0.500. The van der Waals surface area contributed by atoms with Crippen molar-refractivity contribution in [3.8, 4) is 0 Å². The lowest BCUT2D eigenvalue weighted by molar-refractivity contribution is 0.823. The SMILES string of the molecule is O.O.c1c2c(cc3c1CCC3)CCC2.